The number of nitriles is 1. The fourth-order valence-electron chi connectivity index (χ4n) is 2.56. The average Bonchev–Trinajstić information content (AvgIpc) is 2.91. The maximum absolute atomic E-state index is 13.0. The highest BCUT2D eigenvalue weighted by atomic mass is 19.1. The number of hydrogen-bond donors (Lipinski definition) is 1. The van der Waals surface area contributed by atoms with Crippen molar-refractivity contribution in [1.82, 2.24) is 9.13 Å². The van der Waals surface area contributed by atoms with E-state index in [0.29, 0.717) is 24.3 Å². The van der Waals surface area contributed by atoms with Crippen molar-refractivity contribution in [2.75, 3.05) is 0 Å². The van der Waals surface area contributed by atoms with Gasteiger partial charge in [-0.05, 0) is 37.1 Å². The second-order valence-electron chi connectivity index (χ2n) is 4.63. The minimum absolute atomic E-state index is 0.141. The molecule has 2 aromatic rings. The zero-order valence-corrected chi connectivity index (χ0v) is 10.6. The molecule has 6 heteroatoms. The lowest BCUT2D eigenvalue weighted by molar-refractivity contribution is 0.624. The van der Waals surface area contributed by atoms with E-state index in [1.54, 1.807) is 0 Å². The molecule has 1 aromatic carbocycles. The van der Waals surface area contributed by atoms with E-state index in [2.05, 4.69) is 0 Å². The highest BCUT2D eigenvalue weighted by Gasteiger charge is 2.21. The van der Waals surface area contributed by atoms with Crippen molar-refractivity contribution in [2.24, 2.45) is 0 Å². The zero-order valence-electron chi connectivity index (χ0n) is 10.6. The van der Waals surface area contributed by atoms with Gasteiger partial charge < -0.3 is 0 Å². The first kappa shape index (κ1) is 12.4. The lowest BCUT2D eigenvalue weighted by Gasteiger charge is -2.12. The van der Waals surface area contributed by atoms with Gasteiger partial charge in [0.15, 0.2) is 5.49 Å². The minimum Gasteiger partial charge on any atom is -0.296 e. The second-order valence-corrected chi connectivity index (χ2v) is 4.63. The van der Waals surface area contributed by atoms with Gasteiger partial charge in [0, 0.05) is 12.2 Å². The number of benzene rings is 1. The van der Waals surface area contributed by atoms with Crippen molar-refractivity contribution in [3.05, 3.63) is 57.3 Å². The summed E-state index contributed by atoms with van der Waals surface area (Å²) in [5.41, 5.74) is 0.734. The van der Waals surface area contributed by atoms with Crippen molar-refractivity contribution < 1.29 is 4.39 Å². The van der Waals surface area contributed by atoms with Gasteiger partial charge in [-0.1, -0.05) is 0 Å². The molecule has 1 aliphatic heterocycles. The monoisotopic (exact) mass is 270 g/mol. The third-order valence-corrected chi connectivity index (χ3v) is 3.49. The Hall–Kier alpha value is -2.68. The molecule has 0 spiro atoms. The molecule has 3 rings (SSSR count). The van der Waals surface area contributed by atoms with Crippen LogP contribution in [0.15, 0.2) is 29.1 Å². The summed E-state index contributed by atoms with van der Waals surface area (Å²) >= 11 is 0. The van der Waals surface area contributed by atoms with Crippen molar-refractivity contribution in [1.29, 1.82) is 10.7 Å². The molecule has 0 amide bonds. The van der Waals surface area contributed by atoms with Gasteiger partial charge in [-0.25, -0.2) is 13.8 Å². The zero-order chi connectivity index (χ0) is 14.3. The Morgan fingerprint density at radius 2 is 2.00 bits per heavy atom. The number of nitrogens with zero attached hydrogens (tertiary/aromatic N) is 3. The Balaban J connectivity index is 2.38. The van der Waals surface area contributed by atoms with E-state index in [1.807, 2.05) is 6.07 Å². The molecule has 20 heavy (non-hydrogen) atoms. The molecule has 1 aromatic heterocycles. The quantitative estimate of drug-likeness (QED) is 0.841. The predicted molar refractivity (Wildman–Crippen MR) is 68.9 cm³/mol. The van der Waals surface area contributed by atoms with E-state index in [0.717, 1.165) is 11.0 Å². The molecule has 0 atom stereocenters. The predicted octanol–water partition coefficient (Wildman–Crippen LogP) is 1.08. The molecule has 0 bridgehead atoms. The van der Waals surface area contributed by atoms with Crippen LogP contribution in [-0.2, 0) is 13.0 Å². The molecule has 1 N–H and O–H groups in total. The molecule has 0 unspecified atom stereocenters. The van der Waals surface area contributed by atoms with Crippen LogP contribution < -0.4 is 11.2 Å². The highest BCUT2D eigenvalue weighted by Crippen LogP contribution is 2.14. The van der Waals surface area contributed by atoms with E-state index in [9.17, 15) is 14.4 Å². The molecule has 0 aliphatic carbocycles. The van der Waals surface area contributed by atoms with Crippen LogP contribution in [0.25, 0.3) is 5.69 Å². The van der Waals surface area contributed by atoms with Crippen molar-refractivity contribution >= 4 is 0 Å². The van der Waals surface area contributed by atoms with Crippen LogP contribution in [-0.4, -0.2) is 9.13 Å². The van der Waals surface area contributed by atoms with Crippen LogP contribution in [0, 0.1) is 22.6 Å². The molecular weight excluding hydrogens is 259 g/mol. The number of nitrogens with one attached hydrogen (secondary N) is 1. The van der Waals surface area contributed by atoms with Crippen molar-refractivity contribution in [3.8, 4) is 11.8 Å². The fourth-order valence-corrected chi connectivity index (χ4v) is 2.56. The maximum Gasteiger partial charge on any atom is 0.334 e. The molecule has 100 valence electrons. The largest absolute Gasteiger partial charge is 0.334 e. The minimum atomic E-state index is -0.414. The van der Waals surface area contributed by atoms with Crippen LogP contribution in [0.2, 0.25) is 0 Å². The summed E-state index contributed by atoms with van der Waals surface area (Å²) < 4.78 is 15.7. The van der Waals surface area contributed by atoms with E-state index in [4.69, 9.17) is 5.41 Å². The molecule has 5 nitrogen and oxygen atoms in total. The Bertz CT molecular complexity index is 840. The summed E-state index contributed by atoms with van der Waals surface area (Å²) in [6.07, 6.45) is 1.42. The third-order valence-electron chi connectivity index (χ3n) is 3.49. The number of fused-ring (bicyclic) bond motifs is 1. The molecule has 0 fully saturated rings. The van der Waals surface area contributed by atoms with E-state index < -0.39 is 5.82 Å². The molecular formula is C14H11FN4O. The van der Waals surface area contributed by atoms with Crippen LogP contribution in [0.3, 0.4) is 0 Å². The van der Waals surface area contributed by atoms with E-state index >= 15 is 0 Å². The van der Waals surface area contributed by atoms with Crippen molar-refractivity contribution in [3.63, 3.8) is 0 Å². The Kier molecular flexibility index (Phi) is 2.75. The van der Waals surface area contributed by atoms with Crippen LogP contribution in [0.4, 0.5) is 4.39 Å². The van der Waals surface area contributed by atoms with Gasteiger partial charge in [0.1, 0.15) is 17.4 Å². The smallest absolute Gasteiger partial charge is 0.296 e. The normalized spacial score (nSPS) is 13.0. The standard InChI is InChI=1S/C14H11FN4O/c15-9-3-5-10(6-4-9)19-13(17)11(8-16)12-2-1-7-18(12)14(19)20/h3-6,17H,1-2,7H2. The lowest BCUT2D eigenvalue weighted by atomic mass is 10.2. The van der Waals surface area contributed by atoms with Gasteiger partial charge >= 0.3 is 5.69 Å². The van der Waals surface area contributed by atoms with Gasteiger partial charge in [-0.2, -0.15) is 5.26 Å². The van der Waals surface area contributed by atoms with Gasteiger partial charge in [0.25, 0.3) is 0 Å². The number of hydrogen-bond acceptors (Lipinski definition) is 3. The first-order valence-electron chi connectivity index (χ1n) is 6.23. The molecule has 0 saturated carbocycles. The Labute approximate surface area is 113 Å². The maximum atomic E-state index is 13.0. The summed E-state index contributed by atoms with van der Waals surface area (Å²) in [6, 6.07) is 7.31. The van der Waals surface area contributed by atoms with Crippen LogP contribution in [0.5, 0.6) is 0 Å². The summed E-state index contributed by atoms with van der Waals surface area (Å²) in [6.45, 7) is 0.546. The van der Waals surface area contributed by atoms with Gasteiger partial charge in [0.2, 0.25) is 0 Å². The SMILES string of the molecule is N#Cc1c2n(c(=O)n(-c3ccc(F)cc3)c1=N)CCC2. The van der Waals surface area contributed by atoms with Gasteiger partial charge in [-0.15, -0.1) is 0 Å². The number of halogens is 1. The molecule has 1 aliphatic rings. The van der Waals surface area contributed by atoms with Crippen molar-refractivity contribution in [2.45, 2.75) is 19.4 Å². The summed E-state index contributed by atoms with van der Waals surface area (Å²) in [7, 11) is 0. The second kappa shape index (κ2) is 4.46. The topological polar surface area (TPSA) is 74.6 Å². The first-order valence-corrected chi connectivity index (χ1v) is 6.23. The van der Waals surface area contributed by atoms with Crippen LogP contribution >= 0.6 is 0 Å². The summed E-state index contributed by atoms with van der Waals surface area (Å²) in [5, 5.41) is 17.3. The van der Waals surface area contributed by atoms with Gasteiger partial charge in [0.05, 0.1) is 5.69 Å². The Morgan fingerprint density at radius 3 is 2.65 bits per heavy atom. The number of rotatable bonds is 1. The Morgan fingerprint density at radius 1 is 1.30 bits per heavy atom. The van der Waals surface area contributed by atoms with E-state index in [-0.39, 0.29) is 16.7 Å². The molecule has 0 saturated heterocycles. The number of aromatic nitrogens is 2. The fraction of sp³-hybridized carbons (Fsp3) is 0.214. The van der Waals surface area contributed by atoms with Crippen LogP contribution in [0.1, 0.15) is 17.7 Å². The lowest BCUT2D eigenvalue weighted by Crippen LogP contribution is -2.40. The summed E-state index contributed by atoms with van der Waals surface area (Å²) in [4.78, 5) is 12.4. The van der Waals surface area contributed by atoms with Gasteiger partial charge in [-0.3, -0.25) is 9.98 Å². The summed E-state index contributed by atoms with van der Waals surface area (Å²) in [5.74, 6) is -0.414. The highest BCUT2D eigenvalue weighted by molar-refractivity contribution is 5.38. The third kappa shape index (κ3) is 1.67. The molecule has 2 heterocycles. The average molecular weight is 270 g/mol. The first-order chi connectivity index (χ1) is 9.63. The molecule has 0 radical (unpaired) electrons. The van der Waals surface area contributed by atoms with E-state index in [1.165, 1.54) is 28.8 Å².